The number of nitrogens with one attached hydrogen (secondary N) is 1. The number of amides is 1. The molecule has 0 heterocycles. The fraction of sp³-hybridized carbons (Fsp3) is 0.500. The highest BCUT2D eigenvalue weighted by molar-refractivity contribution is 7.91. The predicted molar refractivity (Wildman–Crippen MR) is 94.7 cm³/mol. The number of phenolic OH excluding ortho intramolecular Hbond substituents is 1. The van der Waals surface area contributed by atoms with Crippen molar-refractivity contribution in [2.45, 2.75) is 39.5 Å². The number of benzene rings is 1. The van der Waals surface area contributed by atoms with Crippen LogP contribution in [0.4, 0.5) is 5.69 Å². The smallest absolute Gasteiger partial charge is 0.228 e. The Bertz CT molecular complexity index is 789. The van der Waals surface area contributed by atoms with Crippen LogP contribution in [0.25, 0.3) is 0 Å². The van der Waals surface area contributed by atoms with Crippen molar-refractivity contribution in [1.82, 2.24) is 0 Å². The molecule has 2 N–H and O–H groups in total. The summed E-state index contributed by atoms with van der Waals surface area (Å²) in [5.41, 5.74) is 1.14. The van der Waals surface area contributed by atoms with Crippen LogP contribution in [0.2, 0.25) is 0 Å². The molecule has 0 saturated heterocycles. The number of hydrogen-bond acceptors (Lipinski definition) is 4. The van der Waals surface area contributed by atoms with Crippen molar-refractivity contribution >= 4 is 21.4 Å². The van der Waals surface area contributed by atoms with Crippen LogP contribution in [-0.4, -0.2) is 25.2 Å². The maximum absolute atomic E-state index is 12.6. The van der Waals surface area contributed by atoms with E-state index in [0.29, 0.717) is 0 Å². The highest BCUT2D eigenvalue weighted by atomic mass is 32.2. The third kappa shape index (κ3) is 3.48. The second-order valence-corrected chi connectivity index (χ2v) is 9.42. The number of allylic oxidation sites excluding steroid dienone is 2. The van der Waals surface area contributed by atoms with Crippen molar-refractivity contribution in [3.63, 3.8) is 0 Å². The number of carbonyl (C=O) groups excluding carboxylic acids is 1. The molecule has 1 aliphatic carbocycles. The highest BCUT2D eigenvalue weighted by Crippen LogP contribution is 2.59. The molecule has 0 aromatic heterocycles. The summed E-state index contributed by atoms with van der Waals surface area (Å²) >= 11 is 0. The van der Waals surface area contributed by atoms with Gasteiger partial charge >= 0.3 is 0 Å². The molecule has 1 saturated carbocycles. The number of phenols is 1. The summed E-state index contributed by atoms with van der Waals surface area (Å²) in [6, 6.07) is 3.96. The van der Waals surface area contributed by atoms with E-state index >= 15 is 0 Å². The van der Waals surface area contributed by atoms with Gasteiger partial charge in [-0.15, -0.1) is 0 Å². The Labute approximate surface area is 143 Å². The third-order valence-corrected chi connectivity index (χ3v) is 6.40. The maximum Gasteiger partial charge on any atom is 0.228 e. The lowest BCUT2D eigenvalue weighted by atomic mass is 10.1. The quantitative estimate of drug-likeness (QED) is 0.629. The van der Waals surface area contributed by atoms with Crippen molar-refractivity contribution < 1.29 is 18.3 Å². The Hall–Kier alpha value is -1.82. The lowest BCUT2D eigenvalue weighted by Gasteiger charge is -2.10. The van der Waals surface area contributed by atoms with E-state index in [1.54, 1.807) is 6.92 Å². The average molecular weight is 351 g/mol. The number of carbonyl (C=O) groups is 1. The number of sulfone groups is 1. The van der Waals surface area contributed by atoms with Gasteiger partial charge in [0.1, 0.15) is 5.75 Å². The lowest BCUT2D eigenvalue weighted by Crippen LogP contribution is -2.17. The van der Waals surface area contributed by atoms with Gasteiger partial charge in [-0.2, -0.15) is 0 Å². The monoisotopic (exact) mass is 351 g/mol. The van der Waals surface area contributed by atoms with Gasteiger partial charge in [-0.3, -0.25) is 4.79 Å². The number of hydrogen-bond donors (Lipinski definition) is 2. The standard InChI is InChI=1S/C18H25NO4S/c1-6-24(22,23)12-7-8-15(20)14(10-12)19-17(21)16-13(9-11(2)3)18(16,4)5/h7-10,13,16,20H,6H2,1-5H3,(H,19,21). The van der Waals surface area contributed by atoms with Crippen LogP contribution in [0.1, 0.15) is 34.6 Å². The molecule has 24 heavy (non-hydrogen) atoms. The van der Waals surface area contributed by atoms with Crippen LogP contribution < -0.4 is 5.32 Å². The molecule has 6 heteroatoms. The molecule has 1 aliphatic rings. The first-order valence-corrected chi connectivity index (χ1v) is 9.67. The van der Waals surface area contributed by atoms with Gasteiger partial charge in [-0.1, -0.05) is 32.4 Å². The zero-order chi connectivity index (χ0) is 18.3. The van der Waals surface area contributed by atoms with Gasteiger partial charge in [0.15, 0.2) is 9.84 Å². The molecule has 0 bridgehead atoms. The van der Waals surface area contributed by atoms with Crippen molar-refractivity contribution in [1.29, 1.82) is 0 Å². The molecule has 2 atom stereocenters. The van der Waals surface area contributed by atoms with E-state index in [1.807, 2.05) is 27.7 Å². The average Bonchev–Trinajstić information content (AvgIpc) is 3.01. The van der Waals surface area contributed by atoms with Crippen LogP contribution in [-0.2, 0) is 14.6 Å². The SMILES string of the molecule is CCS(=O)(=O)c1ccc(O)c(NC(=O)C2C(C=C(C)C)C2(C)C)c1. The number of aromatic hydroxyl groups is 1. The molecule has 0 aliphatic heterocycles. The normalized spacial score (nSPS) is 21.9. The van der Waals surface area contributed by atoms with Crippen LogP contribution in [0.15, 0.2) is 34.7 Å². The van der Waals surface area contributed by atoms with Gasteiger partial charge in [-0.05, 0) is 43.4 Å². The summed E-state index contributed by atoms with van der Waals surface area (Å²) in [7, 11) is -3.40. The van der Waals surface area contributed by atoms with Gasteiger partial charge in [0, 0.05) is 0 Å². The molecule has 5 nitrogen and oxygen atoms in total. The van der Waals surface area contributed by atoms with Crippen LogP contribution in [0.5, 0.6) is 5.75 Å². The third-order valence-electron chi connectivity index (χ3n) is 4.67. The second kappa shape index (κ2) is 6.24. The Balaban J connectivity index is 2.25. The van der Waals surface area contributed by atoms with E-state index in [0.717, 1.165) is 5.57 Å². The molecule has 0 spiro atoms. The van der Waals surface area contributed by atoms with Gasteiger partial charge < -0.3 is 10.4 Å². The van der Waals surface area contributed by atoms with Crippen molar-refractivity contribution in [3.05, 3.63) is 29.8 Å². The molecule has 1 amide bonds. The first-order valence-electron chi connectivity index (χ1n) is 8.02. The molecule has 2 rings (SSSR count). The van der Waals surface area contributed by atoms with Gasteiger partial charge in [0.05, 0.1) is 22.3 Å². The summed E-state index contributed by atoms with van der Waals surface area (Å²) in [5, 5.41) is 12.6. The Morgan fingerprint density at radius 3 is 2.50 bits per heavy atom. The minimum atomic E-state index is -3.40. The highest BCUT2D eigenvalue weighted by Gasteiger charge is 2.60. The molecule has 1 fully saturated rings. The van der Waals surface area contributed by atoms with E-state index in [2.05, 4.69) is 11.4 Å². The number of rotatable bonds is 5. The first-order chi connectivity index (χ1) is 11.0. The first kappa shape index (κ1) is 18.5. The van der Waals surface area contributed by atoms with Gasteiger partial charge in [0.2, 0.25) is 5.91 Å². The summed E-state index contributed by atoms with van der Waals surface area (Å²) in [4.78, 5) is 12.7. The Morgan fingerprint density at radius 2 is 1.96 bits per heavy atom. The molecule has 1 aromatic rings. The van der Waals surface area contributed by atoms with Crippen molar-refractivity contribution in [2.75, 3.05) is 11.1 Å². The summed E-state index contributed by atoms with van der Waals surface area (Å²) in [5.74, 6) is -0.436. The maximum atomic E-state index is 12.6. The largest absolute Gasteiger partial charge is 0.506 e. The fourth-order valence-corrected chi connectivity index (χ4v) is 3.94. The van der Waals surface area contributed by atoms with Crippen LogP contribution in [0.3, 0.4) is 0 Å². The fourth-order valence-electron chi connectivity index (χ4n) is 3.03. The Kier molecular flexibility index (Phi) is 4.81. The lowest BCUT2D eigenvalue weighted by molar-refractivity contribution is -0.118. The molecule has 132 valence electrons. The molecule has 2 unspecified atom stereocenters. The summed E-state index contributed by atoms with van der Waals surface area (Å²) < 4.78 is 23.9. The van der Waals surface area contributed by atoms with Crippen LogP contribution >= 0.6 is 0 Å². The molecular formula is C18H25NO4S. The Morgan fingerprint density at radius 1 is 1.33 bits per heavy atom. The minimum absolute atomic E-state index is 0.0382. The van der Waals surface area contributed by atoms with Gasteiger partial charge in [0.25, 0.3) is 0 Å². The zero-order valence-electron chi connectivity index (χ0n) is 14.8. The molecular weight excluding hydrogens is 326 g/mol. The van der Waals surface area contributed by atoms with E-state index in [1.165, 1.54) is 18.2 Å². The number of anilines is 1. The molecule has 0 radical (unpaired) electrons. The minimum Gasteiger partial charge on any atom is -0.506 e. The molecule has 1 aromatic carbocycles. The van der Waals surface area contributed by atoms with E-state index in [9.17, 15) is 18.3 Å². The predicted octanol–water partition coefficient (Wildman–Crippen LogP) is 3.36. The summed E-state index contributed by atoms with van der Waals surface area (Å²) in [6.07, 6.45) is 2.09. The summed E-state index contributed by atoms with van der Waals surface area (Å²) in [6.45, 7) is 9.60. The van der Waals surface area contributed by atoms with E-state index in [4.69, 9.17) is 0 Å². The van der Waals surface area contributed by atoms with E-state index < -0.39 is 9.84 Å². The van der Waals surface area contributed by atoms with Gasteiger partial charge in [-0.25, -0.2) is 8.42 Å². The van der Waals surface area contributed by atoms with Crippen molar-refractivity contribution in [2.24, 2.45) is 17.3 Å². The van der Waals surface area contributed by atoms with Crippen LogP contribution in [0, 0.1) is 17.3 Å². The zero-order valence-corrected chi connectivity index (χ0v) is 15.6. The van der Waals surface area contributed by atoms with E-state index in [-0.39, 0.29) is 45.2 Å². The van der Waals surface area contributed by atoms with Crippen molar-refractivity contribution in [3.8, 4) is 5.75 Å². The second-order valence-electron chi connectivity index (χ2n) is 7.14. The topological polar surface area (TPSA) is 83.5 Å².